The highest BCUT2D eigenvalue weighted by molar-refractivity contribution is 5.87. The molecule has 0 spiro atoms. The van der Waals surface area contributed by atoms with Crippen LogP contribution in [0.3, 0.4) is 0 Å². The lowest BCUT2D eigenvalue weighted by molar-refractivity contribution is 0.0697. The van der Waals surface area contributed by atoms with Crippen LogP contribution in [0.2, 0.25) is 0 Å². The number of carboxylic acid groups (broad SMARTS) is 1. The fourth-order valence-corrected chi connectivity index (χ4v) is 4.79. The molecule has 1 aliphatic heterocycles. The number of carboxylic acids is 1. The fourth-order valence-electron chi connectivity index (χ4n) is 4.79. The maximum atomic E-state index is 11.1. The summed E-state index contributed by atoms with van der Waals surface area (Å²) in [4.78, 5) is 23.2. The molecule has 0 unspecified atom stereocenters. The summed E-state index contributed by atoms with van der Waals surface area (Å²) in [5.41, 5.74) is 6.59. The van der Waals surface area contributed by atoms with E-state index in [0.29, 0.717) is 24.9 Å². The van der Waals surface area contributed by atoms with Crippen LogP contribution in [-0.2, 0) is 30.8 Å². The molecule has 0 atom stereocenters. The molecule has 2 heterocycles. The van der Waals surface area contributed by atoms with Crippen molar-refractivity contribution in [3.05, 3.63) is 112 Å². The Bertz CT molecular complexity index is 1440. The van der Waals surface area contributed by atoms with Crippen LogP contribution in [0.25, 0.3) is 0 Å². The Kier molecular flexibility index (Phi) is 11.0. The molecule has 0 fully saturated rings. The quantitative estimate of drug-likeness (QED) is 0.216. The van der Waals surface area contributed by atoms with Crippen LogP contribution in [0.1, 0.15) is 57.7 Å². The number of rotatable bonds is 10. The lowest BCUT2D eigenvalue weighted by atomic mass is 10.1. The van der Waals surface area contributed by atoms with Crippen molar-refractivity contribution < 1.29 is 19.4 Å². The first kappa shape index (κ1) is 30.7. The van der Waals surface area contributed by atoms with Crippen molar-refractivity contribution in [3.8, 4) is 11.6 Å². The van der Waals surface area contributed by atoms with Crippen LogP contribution in [0.4, 0.5) is 5.95 Å². The molecule has 8 heteroatoms. The van der Waals surface area contributed by atoms with Gasteiger partial charge in [0.05, 0.1) is 16.8 Å². The summed E-state index contributed by atoms with van der Waals surface area (Å²) >= 11 is 0. The molecule has 3 aromatic carbocycles. The van der Waals surface area contributed by atoms with E-state index in [9.17, 15) is 4.79 Å². The smallest absolute Gasteiger partial charge is 0.335 e. The number of nitrogens with zero attached hydrogens (tertiary/aromatic N) is 3. The van der Waals surface area contributed by atoms with Gasteiger partial charge in [0.15, 0.2) is 0 Å². The highest BCUT2D eigenvalue weighted by Gasteiger charge is 2.25. The van der Waals surface area contributed by atoms with Gasteiger partial charge in [-0.2, -0.15) is 4.98 Å². The van der Waals surface area contributed by atoms with Crippen LogP contribution in [0.15, 0.2) is 72.8 Å². The van der Waals surface area contributed by atoms with Gasteiger partial charge in [0.1, 0.15) is 5.75 Å². The molecule has 42 heavy (non-hydrogen) atoms. The van der Waals surface area contributed by atoms with E-state index in [0.717, 1.165) is 66.4 Å². The summed E-state index contributed by atoms with van der Waals surface area (Å²) in [7, 11) is 0. The average Bonchev–Trinajstić information content (AvgIpc) is 2.99. The molecule has 2 N–H and O–H groups in total. The first-order valence-electron chi connectivity index (χ1n) is 14.4. The number of aromatic nitrogens is 2. The zero-order valence-corrected chi connectivity index (χ0v) is 24.9. The number of nitrogens with one attached hydrogen (secondary N) is 1. The predicted octanol–water partition coefficient (Wildman–Crippen LogP) is 6.80. The van der Waals surface area contributed by atoms with Crippen LogP contribution < -0.4 is 10.1 Å². The monoisotopic (exact) mass is 568 g/mol. The summed E-state index contributed by atoms with van der Waals surface area (Å²) in [5, 5.41) is 12.4. The number of ether oxygens (including phenoxy) is 2. The first-order valence-corrected chi connectivity index (χ1v) is 14.4. The topological polar surface area (TPSA) is 96.8 Å². The normalized spacial score (nSPS) is 12.6. The second kappa shape index (κ2) is 15.1. The summed E-state index contributed by atoms with van der Waals surface area (Å²) in [6, 6.07) is 23.4. The maximum Gasteiger partial charge on any atom is 0.335 e. The van der Waals surface area contributed by atoms with Gasteiger partial charge in [-0.15, -0.1) is 0 Å². The van der Waals surface area contributed by atoms with Crippen LogP contribution >= 0.6 is 0 Å². The molecular weight excluding hydrogens is 528 g/mol. The lowest BCUT2D eigenvalue weighted by Crippen LogP contribution is -2.31. The van der Waals surface area contributed by atoms with E-state index in [1.807, 2.05) is 52.0 Å². The van der Waals surface area contributed by atoms with E-state index < -0.39 is 5.97 Å². The van der Waals surface area contributed by atoms with Crippen molar-refractivity contribution in [2.75, 3.05) is 25.1 Å². The van der Waals surface area contributed by atoms with E-state index in [4.69, 9.17) is 24.5 Å². The lowest BCUT2D eigenvalue weighted by Gasteiger charge is -2.29. The van der Waals surface area contributed by atoms with Crippen LogP contribution in [0.5, 0.6) is 11.6 Å². The second-order valence-corrected chi connectivity index (χ2v) is 10.2. The number of aromatic carboxylic acids is 1. The van der Waals surface area contributed by atoms with E-state index in [1.54, 1.807) is 24.3 Å². The molecule has 5 rings (SSSR count). The molecule has 0 bridgehead atoms. The Labute approximate surface area is 248 Å². The zero-order valence-electron chi connectivity index (χ0n) is 24.9. The summed E-state index contributed by atoms with van der Waals surface area (Å²) in [6.07, 6.45) is 0.801. The van der Waals surface area contributed by atoms with Gasteiger partial charge in [0.25, 0.3) is 0 Å². The Balaban J connectivity index is 0.000000748. The van der Waals surface area contributed by atoms with Gasteiger partial charge >= 0.3 is 5.97 Å². The van der Waals surface area contributed by atoms with Gasteiger partial charge in [-0.1, -0.05) is 60.7 Å². The molecule has 0 aliphatic carbocycles. The summed E-state index contributed by atoms with van der Waals surface area (Å²) in [5.74, 6) is 0.952. The predicted molar refractivity (Wildman–Crippen MR) is 165 cm³/mol. The zero-order chi connectivity index (χ0) is 29.9. The SMILES string of the molecule is CCOCC.Cc1cccc(C)c1Oc1nc(NCc2ccc(C(=O)O)cc2)nc2c1CN(Cc1ccccc1)CC2. The summed E-state index contributed by atoms with van der Waals surface area (Å²) in [6.45, 7) is 12.7. The Hall–Kier alpha value is -4.27. The molecule has 0 saturated heterocycles. The van der Waals surface area contributed by atoms with Crippen molar-refractivity contribution in [3.63, 3.8) is 0 Å². The van der Waals surface area contributed by atoms with Crippen molar-refractivity contribution >= 4 is 11.9 Å². The first-order chi connectivity index (χ1) is 20.4. The Morgan fingerprint density at radius 3 is 2.21 bits per heavy atom. The number of anilines is 1. The molecule has 8 nitrogen and oxygen atoms in total. The standard InChI is InChI=1S/C30H30N4O3.C4H10O/c1-20-7-6-8-21(2)27(20)37-28-25-19-34(18-23-9-4-3-5-10-23)16-15-26(25)32-30(33-28)31-17-22-11-13-24(14-12-22)29(35)36;1-3-5-4-2/h3-14H,15-19H2,1-2H3,(H,35,36)(H,31,32,33);3-4H2,1-2H3. The molecule has 1 aliphatic rings. The molecule has 4 aromatic rings. The minimum Gasteiger partial charge on any atom is -0.478 e. The van der Waals surface area contributed by atoms with Crippen molar-refractivity contribution in [1.82, 2.24) is 14.9 Å². The van der Waals surface area contributed by atoms with E-state index >= 15 is 0 Å². The average molecular weight is 569 g/mol. The molecule has 0 saturated carbocycles. The third kappa shape index (κ3) is 8.38. The van der Waals surface area contributed by atoms with E-state index in [2.05, 4.69) is 34.5 Å². The van der Waals surface area contributed by atoms with E-state index in [-0.39, 0.29) is 5.56 Å². The number of carbonyl (C=O) groups is 1. The number of benzene rings is 3. The minimum absolute atomic E-state index is 0.262. The Morgan fingerprint density at radius 2 is 1.60 bits per heavy atom. The third-order valence-corrected chi connectivity index (χ3v) is 7.02. The van der Waals surface area contributed by atoms with Gasteiger partial charge < -0.3 is 19.9 Å². The minimum atomic E-state index is -0.938. The van der Waals surface area contributed by atoms with Crippen LogP contribution in [-0.4, -0.2) is 45.7 Å². The molecule has 220 valence electrons. The molecular formula is C34H40N4O4. The Morgan fingerprint density at radius 1 is 0.905 bits per heavy atom. The van der Waals surface area contributed by atoms with Crippen molar-refractivity contribution in [2.24, 2.45) is 0 Å². The van der Waals surface area contributed by atoms with Crippen molar-refractivity contribution in [2.45, 2.75) is 53.8 Å². The second-order valence-electron chi connectivity index (χ2n) is 10.2. The van der Waals surface area contributed by atoms with Gasteiger partial charge in [-0.3, -0.25) is 4.90 Å². The number of hydrogen-bond donors (Lipinski definition) is 2. The number of hydrogen-bond acceptors (Lipinski definition) is 7. The number of aryl methyl sites for hydroxylation is 2. The molecule has 0 amide bonds. The van der Waals surface area contributed by atoms with Crippen LogP contribution in [0, 0.1) is 13.8 Å². The van der Waals surface area contributed by atoms with Gasteiger partial charge in [-0.25, -0.2) is 9.78 Å². The number of fused-ring (bicyclic) bond motifs is 1. The van der Waals surface area contributed by atoms with Gasteiger partial charge in [0.2, 0.25) is 11.8 Å². The maximum absolute atomic E-state index is 11.1. The summed E-state index contributed by atoms with van der Waals surface area (Å²) < 4.78 is 11.3. The fraction of sp³-hybridized carbons (Fsp3) is 0.324. The van der Waals surface area contributed by atoms with Crippen molar-refractivity contribution in [1.29, 1.82) is 0 Å². The van der Waals surface area contributed by atoms with Gasteiger partial charge in [-0.05, 0) is 62.1 Å². The molecule has 1 aromatic heterocycles. The molecule has 0 radical (unpaired) electrons. The van der Waals surface area contributed by atoms with E-state index in [1.165, 1.54) is 5.56 Å². The van der Waals surface area contributed by atoms with Gasteiger partial charge in [0, 0.05) is 45.8 Å². The number of para-hydroxylation sites is 1. The third-order valence-electron chi connectivity index (χ3n) is 7.02. The largest absolute Gasteiger partial charge is 0.478 e. The highest BCUT2D eigenvalue weighted by Crippen LogP contribution is 2.34. The highest BCUT2D eigenvalue weighted by atomic mass is 16.5.